The third kappa shape index (κ3) is 5.46. The normalized spacial score (nSPS) is 11.8. The summed E-state index contributed by atoms with van der Waals surface area (Å²) < 4.78 is 7.17. The van der Waals surface area contributed by atoms with Gasteiger partial charge < -0.3 is 13.7 Å². The van der Waals surface area contributed by atoms with E-state index in [0.717, 1.165) is 67.2 Å². The molecule has 0 N–H and O–H groups in total. The Balaban J connectivity index is 1.10. The van der Waals surface area contributed by atoms with Crippen LogP contribution < -0.4 is 0 Å². The lowest BCUT2D eigenvalue weighted by molar-refractivity contribution is 1.12. The minimum Gasteiger partial charge on any atom is -0.309 e. The van der Waals surface area contributed by atoms with Gasteiger partial charge in [-0.2, -0.15) is 0 Å². The lowest BCUT2D eigenvalue weighted by atomic mass is 10.1. The molecule has 0 aliphatic heterocycles. The molecule has 13 aromatic rings. The van der Waals surface area contributed by atoms with E-state index in [1.165, 1.54) is 43.6 Å². The predicted octanol–water partition coefficient (Wildman–Crippen LogP) is 13.6. The van der Waals surface area contributed by atoms with Crippen LogP contribution >= 0.6 is 0 Å². The van der Waals surface area contributed by atoms with Crippen molar-refractivity contribution in [2.45, 2.75) is 0 Å². The molecule has 13 rings (SSSR count). The highest BCUT2D eigenvalue weighted by molar-refractivity contribution is 6.14. The Bertz CT molecular complexity index is 3580. The monoisotopic (exact) mass is 805 g/mol. The van der Waals surface area contributed by atoms with Crippen LogP contribution in [-0.4, -0.2) is 33.6 Å². The number of rotatable bonds is 6. The van der Waals surface area contributed by atoms with E-state index in [2.05, 4.69) is 181 Å². The van der Waals surface area contributed by atoms with Gasteiger partial charge in [0.2, 0.25) is 0 Å². The van der Waals surface area contributed by atoms with Crippen LogP contribution in [0.1, 0.15) is 0 Å². The van der Waals surface area contributed by atoms with Crippen molar-refractivity contribution in [3.05, 3.63) is 213 Å². The maximum atomic E-state index is 5.22. The van der Waals surface area contributed by atoms with E-state index in [0.29, 0.717) is 5.82 Å². The number of nitrogens with zero attached hydrogens (tertiary/aromatic N) is 7. The highest BCUT2D eigenvalue weighted by Crippen LogP contribution is 2.41. The van der Waals surface area contributed by atoms with Crippen LogP contribution in [0.4, 0.5) is 0 Å². The average Bonchev–Trinajstić information content (AvgIpc) is 3.99. The Hall–Kier alpha value is -8.68. The van der Waals surface area contributed by atoms with Gasteiger partial charge in [0, 0.05) is 61.6 Å². The van der Waals surface area contributed by atoms with Gasteiger partial charge in [-0.1, -0.05) is 97.1 Å². The first-order valence-corrected chi connectivity index (χ1v) is 21.1. The standard InChI is InChI=1S/C56H35N7/c1-6-22-49-38(15-1)39-16-2-7-23-50(39)61(49)36-27-29-54-43(33-36)44-34-37(62-51-24-8-3-17-40(51)41-18-4-9-25-52(41)62)28-30-55(44)63(54)53-26-10-5-19-42(53)56-59-47(45-20-11-13-31-57-45)35-48(60-56)46-21-12-14-32-58-46/h1-35H. The van der Waals surface area contributed by atoms with Crippen molar-refractivity contribution in [1.82, 2.24) is 33.6 Å². The molecule has 0 saturated carbocycles. The summed E-state index contributed by atoms with van der Waals surface area (Å²) in [6.45, 7) is 0. The van der Waals surface area contributed by atoms with Gasteiger partial charge in [0.15, 0.2) is 5.82 Å². The third-order valence-electron chi connectivity index (χ3n) is 12.4. The summed E-state index contributed by atoms with van der Waals surface area (Å²) in [5.41, 5.74) is 13.9. The van der Waals surface area contributed by atoms with Crippen LogP contribution in [0.25, 0.3) is 117 Å². The number of aromatic nitrogens is 7. The third-order valence-corrected chi connectivity index (χ3v) is 12.4. The lowest BCUT2D eigenvalue weighted by Crippen LogP contribution is -2.02. The van der Waals surface area contributed by atoms with Crippen LogP contribution in [0.3, 0.4) is 0 Å². The van der Waals surface area contributed by atoms with Crippen molar-refractivity contribution in [2.24, 2.45) is 0 Å². The SMILES string of the molecule is c1ccc(-c2cc(-c3ccccn3)nc(-c3ccccc3-n3c4ccc(-n5c6ccccc6c6ccccc65)cc4c4cc(-n5c6ccccc6c6ccccc65)ccc43)n2)nc1. The predicted molar refractivity (Wildman–Crippen MR) is 257 cm³/mol. The smallest absolute Gasteiger partial charge is 0.162 e. The summed E-state index contributed by atoms with van der Waals surface area (Å²) in [4.78, 5) is 19.8. The summed E-state index contributed by atoms with van der Waals surface area (Å²) in [7, 11) is 0. The van der Waals surface area contributed by atoms with Crippen LogP contribution in [-0.2, 0) is 0 Å². The molecule has 6 aromatic heterocycles. The zero-order valence-electron chi connectivity index (χ0n) is 33.8. The topological polar surface area (TPSA) is 66.3 Å². The first-order valence-electron chi connectivity index (χ1n) is 21.1. The highest BCUT2D eigenvalue weighted by atomic mass is 15.0. The molecule has 0 saturated heterocycles. The second-order valence-corrected chi connectivity index (χ2v) is 15.9. The molecule has 294 valence electrons. The number of fused-ring (bicyclic) bond motifs is 9. The zero-order chi connectivity index (χ0) is 41.4. The van der Waals surface area contributed by atoms with Crippen molar-refractivity contribution >= 4 is 65.4 Å². The number of benzene rings is 7. The largest absolute Gasteiger partial charge is 0.309 e. The summed E-state index contributed by atoms with van der Waals surface area (Å²) in [6, 6.07) is 70.7. The quantitative estimate of drug-likeness (QED) is 0.168. The van der Waals surface area contributed by atoms with Gasteiger partial charge in [-0.15, -0.1) is 0 Å². The van der Waals surface area contributed by atoms with Crippen LogP contribution in [0.2, 0.25) is 0 Å². The van der Waals surface area contributed by atoms with Crippen molar-refractivity contribution in [1.29, 1.82) is 0 Å². The first kappa shape index (κ1) is 35.1. The Morgan fingerprint density at radius 2 is 0.683 bits per heavy atom. The van der Waals surface area contributed by atoms with Gasteiger partial charge in [0.25, 0.3) is 0 Å². The second-order valence-electron chi connectivity index (χ2n) is 15.9. The van der Waals surface area contributed by atoms with Gasteiger partial charge in [-0.3, -0.25) is 9.97 Å². The van der Waals surface area contributed by atoms with Gasteiger partial charge >= 0.3 is 0 Å². The minimum atomic E-state index is 0.591. The number of para-hydroxylation sites is 5. The first-order chi connectivity index (χ1) is 31.3. The Kier molecular flexibility index (Phi) is 7.77. The van der Waals surface area contributed by atoms with Gasteiger partial charge in [-0.25, -0.2) is 9.97 Å². The van der Waals surface area contributed by atoms with E-state index in [4.69, 9.17) is 9.97 Å². The number of hydrogen-bond acceptors (Lipinski definition) is 4. The van der Waals surface area contributed by atoms with Gasteiger partial charge in [0.1, 0.15) is 0 Å². The molecule has 7 heteroatoms. The van der Waals surface area contributed by atoms with Crippen molar-refractivity contribution < 1.29 is 0 Å². The fraction of sp³-hybridized carbons (Fsp3) is 0. The van der Waals surface area contributed by atoms with Crippen molar-refractivity contribution in [2.75, 3.05) is 0 Å². The molecule has 0 bridgehead atoms. The molecule has 0 unspecified atom stereocenters. The lowest BCUT2D eigenvalue weighted by Gasteiger charge is -2.15. The van der Waals surface area contributed by atoms with Crippen LogP contribution in [0.15, 0.2) is 213 Å². The van der Waals surface area contributed by atoms with Crippen LogP contribution in [0.5, 0.6) is 0 Å². The summed E-state index contributed by atoms with van der Waals surface area (Å²) in [5, 5.41) is 7.21. The molecular formula is C56H35N7. The van der Waals surface area contributed by atoms with E-state index in [9.17, 15) is 0 Å². The fourth-order valence-corrected chi connectivity index (χ4v) is 9.65. The molecule has 0 spiro atoms. The summed E-state index contributed by atoms with van der Waals surface area (Å²) in [5.74, 6) is 0.591. The molecule has 7 nitrogen and oxygen atoms in total. The highest BCUT2D eigenvalue weighted by Gasteiger charge is 2.22. The summed E-state index contributed by atoms with van der Waals surface area (Å²) >= 11 is 0. The van der Waals surface area contributed by atoms with Gasteiger partial charge in [-0.05, 0) is 103 Å². The molecule has 0 radical (unpaired) electrons. The molecule has 6 heterocycles. The van der Waals surface area contributed by atoms with E-state index in [-0.39, 0.29) is 0 Å². The van der Waals surface area contributed by atoms with Crippen molar-refractivity contribution in [3.8, 4) is 51.2 Å². The molecule has 0 fully saturated rings. The number of pyridine rings is 2. The maximum Gasteiger partial charge on any atom is 0.162 e. The molecule has 63 heavy (non-hydrogen) atoms. The van der Waals surface area contributed by atoms with E-state index >= 15 is 0 Å². The molecule has 0 amide bonds. The Morgan fingerprint density at radius 1 is 0.286 bits per heavy atom. The maximum absolute atomic E-state index is 5.22. The molecule has 7 aromatic carbocycles. The minimum absolute atomic E-state index is 0.591. The van der Waals surface area contributed by atoms with Crippen molar-refractivity contribution in [3.63, 3.8) is 0 Å². The van der Waals surface area contributed by atoms with E-state index in [1.807, 2.05) is 42.5 Å². The number of hydrogen-bond donors (Lipinski definition) is 0. The summed E-state index contributed by atoms with van der Waals surface area (Å²) in [6.07, 6.45) is 3.59. The second kappa shape index (κ2) is 13.9. The molecule has 0 aliphatic rings. The fourth-order valence-electron chi connectivity index (χ4n) is 9.65. The zero-order valence-corrected chi connectivity index (χ0v) is 33.8. The van der Waals surface area contributed by atoms with Gasteiger partial charge in [0.05, 0.1) is 61.6 Å². The van der Waals surface area contributed by atoms with E-state index in [1.54, 1.807) is 12.4 Å². The Morgan fingerprint density at radius 3 is 1.13 bits per heavy atom. The van der Waals surface area contributed by atoms with Crippen LogP contribution in [0, 0.1) is 0 Å². The molecular weight excluding hydrogens is 771 g/mol. The molecule has 0 aliphatic carbocycles. The average molecular weight is 806 g/mol. The molecule has 0 atom stereocenters. The van der Waals surface area contributed by atoms with E-state index < -0.39 is 0 Å². The Labute approximate surface area is 361 Å².